The van der Waals surface area contributed by atoms with Gasteiger partial charge in [0.15, 0.2) is 6.61 Å². The van der Waals surface area contributed by atoms with Crippen LogP contribution in [0.25, 0.3) is 0 Å². The first-order valence-electron chi connectivity index (χ1n) is 9.02. The maximum Gasteiger partial charge on any atom is 0.306 e. The van der Waals surface area contributed by atoms with Gasteiger partial charge in [0.1, 0.15) is 5.54 Å². The maximum absolute atomic E-state index is 12.2. The lowest BCUT2D eigenvalue weighted by molar-refractivity contribution is -0.149. The van der Waals surface area contributed by atoms with Crippen LogP contribution in [-0.4, -0.2) is 47.3 Å². The number of nitrogens with zero attached hydrogens (tertiary/aromatic N) is 2. The Morgan fingerprint density at radius 3 is 2.29 bits per heavy atom. The van der Waals surface area contributed by atoms with Gasteiger partial charge in [0.25, 0.3) is 17.7 Å². The Morgan fingerprint density at radius 1 is 1.21 bits per heavy atom. The Kier molecular flexibility index (Phi) is 6.52. The van der Waals surface area contributed by atoms with Gasteiger partial charge in [-0.2, -0.15) is 5.26 Å². The van der Waals surface area contributed by atoms with Crippen molar-refractivity contribution in [1.29, 1.82) is 5.26 Å². The number of fused-ring (bicyclic) bond motifs is 1. The van der Waals surface area contributed by atoms with Crippen LogP contribution in [0.15, 0.2) is 24.3 Å². The molecular weight excluding hydrogens is 362 g/mol. The summed E-state index contributed by atoms with van der Waals surface area (Å²) in [6, 6.07) is 8.59. The number of rotatable bonds is 8. The molecule has 1 atom stereocenters. The molecule has 3 amide bonds. The molecule has 0 unspecified atom stereocenters. The minimum absolute atomic E-state index is 0.0413. The minimum Gasteiger partial charge on any atom is -0.456 e. The number of amides is 3. The molecule has 1 N–H and O–H groups in total. The van der Waals surface area contributed by atoms with Crippen LogP contribution in [0.3, 0.4) is 0 Å². The molecule has 0 bridgehead atoms. The molecule has 1 aliphatic heterocycles. The van der Waals surface area contributed by atoms with E-state index >= 15 is 0 Å². The van der Waals surface area contributed by atoms with Gasteiger partial charge in [-0.25, -0.2) is 0 Å². The van der Waals surface area contributed by atoms with Gasteiger partial charge in [-0.1, -0.05) is 26.0 Å². The zero-order chi connectivity index (χ0) is 20.9. The molecule has 0 saturated heterocycles. The van der Waals surface area contributed by atoms with Crippen LogP contribution < -0.4 is 5.32 Å². The van der Waals surface area contributed by atoms with Crippen LogP contribution in [0.5, 0.6) is 0 Å². The molecule has 0 aromatic heterocycles. The summed E-state index contributed by atoms with van der Waals surface area (Å²) in [4.78, 5) is 49.3. The molecule has 0 fully saturated rings. The first-order valence-corrected chi connectivity index (χ1v) is 9.02. The molecule has 8 heteroatoms. The summed E-state index contributed by atoms with van der Waals surface area (Å²) < 4.78 is 4.91. The molecule has 0 saturated carbocycles. The Morgan fingerprint density at radius 2 is 1.79 bits per heavy atom. The third-order valence-corrected chi connectivity index (χ3v) is 4.79. The van der Waals surface area contributed by atoms with E-state index < -0.39 is 24.0 Å². The second-order valence-electron chi connectivity index (χ2n) is 7.09. The first-order chi connectivity index (χ1) is 13.2. The zero-order valence-corrected chi connectivity index (χ0v) is 16.2. The minimum atomic E-state index is -1.05. The quantitative estimate of drug-likeness (QED) is 0.537. The number of esters is 1. The highest BCUT2D eigenvalue weighted by atomic mass is 16.5. The molecule has 8 nitrogen and oxygen atoms in total. The van der Waals surface area contributed by atoms with Crippen molar-refractivity contribution in [3.8, 4) is 6.07 Å². The molecule has 28 heavy (non-hydrogen) atoms. The standard InChI is InChI=1S/C20H23N3O5/c1-13(2)20(3,12-21)22-16(24)11-28-17(25)9-6-10-23-18(26)14-7-4-5-8-15(14)19(23)27/h4-5,7-8,13H,6,9-11H2,1-3H3,(H,22,24)/t20-/m1/s1. The number of hydrogen-bond donors (Lipinski definition) is 1. The Hall–Kier alpha value is -3.21. The lowest BCUT2D eigenvalue weighted by atomic mass is 9.90. The fourth-order valence-corrected chi connectivity index (χ4v) is 2.67. The fourth-order valence-electron chi connectivity index (χ4n) is 2.67. The average molecular weight is 385 g/mol. The summed E-state index contributed by atoms with van der Waals surface area (Å²) in [5.74, 6) is -2.05. The van der Waals surface area contributed by atoms with Crippen LogP contribution in [0.2, 0.25) is 0 Å². The van der Waals surface area contributed by atoms with Crippen molar-refractivity contribution < 1.29 is 23.9 Å². The maximum atomic E-state index is 12.2. The Balaban J connectivity index is 1.75. The number of carbonyl (C=O) groups is 4. The van der Waals surface area contributed by atoms with Gasteiger partial charge < -0.3 is 10.1 Å². The van der Waals surface area contributed by atoms with E-state index in [0.29, 0.717) is 11.1 Å². The number of hydrogen-bond acceptors (Lipinski definition) is 6. The van der Waals surface area contributed by atoms with E-state index in [4.69, 9.17) is 4.74 Å². The fraction of sp³-hybridized carbons (Fsp3) is 0.450. The van der Waals surface area contributed by atoms with Crippen molar-refractivity contribution in [3.05, 3.63) is 35.4 Å². The predicted octanol–water partition coefficient (Wildman–Crippen LogP) is 1.66. The van der Waals surface area contributed by atoms with E-state index in [1.54, 1.807) is 45.0 Å². The van der Waals surface area contributed by atoms with Crippen LogP contribution in [-0.2, 0) is 14.3 Å². The summed E-state index contributed by atoms with van der Waals surface area (Å²) in [5.41, 5.74) is -0.329. The summed E-state index contributed by atoms with van der Waals surface area (Å²) in [7, 11) is 0. The highest BCUT2D eigenvalue weighted by molar-refractivity contribution is 6.21. The van der Waals surface area contributed by atoms with Crippen molar-refractivity contribution in [2.75, 3.05) is 13.2 Å². The van der Waals surface area contributed by atoms with E-state index in [9.17, 15) is 24.4 Å². The highest BCUT2D eigenvalue weighted by Crippen LogP contribution is 2.22. The first kappa shape index (κ1) is 21.1. The van der Waals surface area contributed by atoms with Crippen LogP contribution in [0.1, 0.15) is 54.3 Å². The summed E-state index contributed by atoms with van der Waals surface area (Å²) in [6.45, 7) is 4.80. The second kappa shape index (κ2) is 8.65. The van der Waals surface area contributed by atoms with Crippen LogP contribution in [0.4, 0.5) is 0 Å². The summed E-state index contributed by atoms with van der Waals surface area (Å²) in [6.07, 6.45) is 0.189. The van der Waals surface area contributed by atoms with Crippen molar-refractivity contribution in [3.63, 3.8) is 0 Å². The average Bonchev–Trinajstić information content (AvgIpc) is 2.91. The number of nitriles is 1. The smallest absolute Gasteiger partial charge is 0.306 e. The molecular formula is C20H23N3O5. The molecule has 1 heterocycles. The van der Waals surface area contributed by atoms with E-state index in [1.165, 1.54) is 0 Å². The van der Waals surface area contributed by atoms with E-state index in [1.807, 2.05) is 6.07 Å². The highest BCUT2D eigenvalue weighted by Gasteiger charge is 2.34. The van der Waals surface area contributed by atoms with Gasteiger partial charge >= 0.3 is 5.97 Å². The van der Waals surface area contributed by atoms with E-state index in [0.717, 1.165) is 4.90 Å². The van der Waals surface area contributed by atoms with Gasteiger partial charge in [-0.15, -0.1) is 0 Å². The van der Waals surface area contributed by atoms with Gasteiger partial charge in [0.2, 0.25) is 0 Å². The van der Waals surface area contributed by atoms with Crippen LogP contribution in [0, 0.1) is 17.2 Å². The lowest BCUT2D eigenvalue weighted by Crippen LogP contribution is -2.50. The molecule has 1 aromatic rings. The molecule has 2 rings (SSSR count). The second-order valence-corrected chi connectivity index (χ2v) is 7.09. The third-order valence-electron chi connectivity index (χ3n) is 4.79. The number of ether oxygens (including phenoxy) is 1. The molecule has 0 aliphatic carbocycles. The Bertz CT molecular complexity index is 807. The van der Waals surface area contributed by atoms with Crippen LogP contribution >= 0.6 is 0 Å². The monoisotopic (exact) mass is 385 g/mol. The number of carbonyl (C=O) groups excluding carboxylic acids is 4. The van der Waals surface area contributed by atoms with Crippen molar-refractivity contribution in [1.82, 2.24) is 10.2 Å². The topological polar surface area (TPSA) is 117 Å². The SMILES string of the molecule is CC(C)[C@@](C)(C#N)NC(=O)COC(=O)CCCN1C(=O)c2ccccc2C1=O. The van der Waals surface area contributed by atoms with Gasteiger partial charge in [0, 0.05) is 13.0 Å². The predicted molar refractivity (Wildman–Crippen MR) is 99.0 cm³/mol. The summed E-state index contributed by atoms with van der Waals surface area (Å²) in [5, 5.41) is 11.7. The molecule has 148 valence electrons. The van der Waals surface area contributed by atoms with Crippen molar-refractivity contribution >= 4 is 23.7 Å². The molecule has 0 spiro atoms. The van der Waals surface area contributed by atoms with Gasteiger partial charge in [0.05, 0.1) is 17.2 Å². The van der Waals surface area contributed by atoms with Gasteiger partial charge in [-0.05, 0) is 31.4 Å². The van der Waals surface area contributed by atoms with E-state index in [2.05, 4.69) is 5.32 Å². The number of imide groups is 1. The van der Waals surface area contributed by atoms with Crippen molar-refractivity contribution in [2.24, 2.45) is 5.92 Å². The van der Waals surface area contributed by atoms with E-state index in [-0.39, 0.29) is 37.1 Å². The Labute approximate surface area is 163 Å². The molecule has 1 aliphatic rings. The third kappa shape index (κ3) is 4.55. The molecule has 0 radical (unpaired) electrons. The van der Waals surface area contributed by atoms with Crippen molar-refractivity contribution in [2.45, 2.75) is 39.2 Å². The lowest BCUT2D eigenvalue weighted by Gasteiger charge is -2.27. The largest absolute Gasteiger partial charge is 0.456 e. The number of benzene rings is 1. The summed E-state index contributed by atoms with van der Waals surface area (Å²) >= 11 is 0. The van der Waals surface area contributed by atoms with Gasteiger partial charge in [-0.3, -0.25) is 24.1 Å². The number of nitrogens with one attached hydrogen (secondary N) is 1. The normalized spacial score (nSPS) is 15.0. The zero-order valence-electron chi connectivity index (χ0n) is 16.2. The molecule has 1 aromatic carbocycles.